The second kappa shape index (κ2) is 7.67. The van der Waals surface area contributed by atoms with Crippen molar-refractivity contribution in [2.45, 2.75) is 39.0 Å². The van der Waals surface area contributed by atoms with Crippen LogP contribution in [0.1, 0.15) is 39.0 Å². The summed E-state index contributed by atoms with van der Waals surface area (Å²) < 4.78 is 5.41. The number of amides is 1. The van der Waals surface area contributed by atoms with Gasteiger partial charge in [-0.15, -0.1) is 0 Å². The Morgan fingerprint density at radius 1 is 1.41 bits per heavy atom. The van der Waals surface area contributed by atoms with Crippen LogP contribution >= 0.6 is 0 Å². The molecule has 0 spiro atoms. The van der Waals surface area contributed by atoms with Crippen molar-refractivity contribution < 1.29 is 9.53 Å². The summed E-state index contributed by atoms with van der Waals surface area (Å²) in [6, 6.07) is 0. The molecular formula is C13H26N2O2. The van der Waals surface area contributed by atoms with Crippen LogP contribution in [0.2, 0.25) is 0 Å². The zero-order valence-electron chi connectivity index (χ0n) is 11.2. The molecule has 0 atom stereocenters. The highest BCUT2D eigenvalue weighted by atomic mass is 16.5. The van der Waals surface area contributed by atoms with E-state index in [1.807, 2.05) is 14.0 Å². The van der Waals surface area contributed by atoms with E-state index in [1.165, 1.54) is 19.3 Å². The lowest BCUT2D eigenvalue weighted by Gasteiger charge is -2.42. The summed E-state index contributed by atoms with van der Waals surface area (Å²) in [6.45, 7) is 5.20. The van der Waals surface area contributed by atoms with E-state index in [9.17, 15) is 4.79 Å². The monoisotopic (exact) mass is 242 g/mol. The molecule has 0 bridgehead atoms. The van der Waals surface area contributed by atoms with Gasteiger partial charge < -0.3 is 15.4 Å². The highest BCUT2D eigenvalue weighted by Gasteiger charge is 2.36. The topological polar surface area (TPSA) is 50.4 Å². The van der Waals surface area contributed by atoms with Gasteiger partial charge in [0.25, 0.3) is 0 Å². The molecule has 4 nitrogen and oxygen atoms in total. The number of carbonyl (C=O) groups is 1. The second-order valence-electron chi connectivity index (χ2n) is 4.93. The molecule has 1 aliphatic rings. The highest BCUT2D eigenvalue weighted by molar-refractivity contribution is 5.76. The van der Waals surface area contributed by atoms with Crippen LogP contribution in [0.5, 0.6) is 0 Å². The number of hydrogen-bond acceptors (Lipinski definition) is 3. The van der Waals surface area contributed by atoms with Crippen molar-refractivity contribution in [3.8, 4) is 0 Å². The van der Waals surface area contributed by atoms with Crippen molar-refractivity contribution in [1.82, 2.24) is 10.6 Å². The van der Waals surface area contributed by atoms with Gasteiger partial charge in [-0.2, -0.15) is 0 Å². The smallest absolute Gasteiger partial charge is 0.221 e. The van der Waals surface area contributed by atoms with Crippen LogP contribution in [-0.4, -0.2) is 39.3 Å². The molecule has 1 aliphatic carbocycles. The highest BCUT2D eigenvalue weighted by Crippen LogP contribution is 2.43. The van der Waals surface area contributed by atoms with Crippen molar-refractivity contribution in [2.75, 3.05) is 33.4 Å². The predicted molar refractivity (Wildman–Crippen MR) is 68.9 cm³/mol. The zero-order valence-corrected chi connectivity index (χ0v) is 11.2. The quantitative estimate of drug-likeness (QED) is 0.599. The molecule has 0 aromatic heterocycles. The molecule has 0 aromatic rings. The first-order valence-corrected chi connectivity index (χ1v) is 6.71. The fourth-order valence-electron chi connectivity index (χ4n) is 2.24. The molecule has 1 fully saturated rings. The molecular weight excluding hydrogens is 216 g/mol. The third kappa shape index (κ3) is 5.04. The van der Waals surface area contributed by atoms with Crippen LogP contribution in [0, 0.1) is 5.41 Å². The van der Waals surface area contributed by atoms with Crippen LogP contribution in [0.3, 0.4) is 0 Å². The fraction of sp³-hybridized carbons (Fsp3) is 0.923. The van der Waals surface area contributed by atoms with Gasteiger partial charge in [-0.1, -0.05) is 6.42 Å². The van der Waals surface area contributed by atoms with Gasteiger partial charge in [0.2, 0.25) is 5.91 Å². The Bertz CT molecular complexity index is 227. The third-order valence-electron chi connectivity index (χ3n) is 3.66. The Balaban J connectivity index is 2.19. The normalized spacial score (nSPS) is 17.5. The van der Waals surface area contributed by atoms with Gasteiger partial charge in [0.1, 0.15) is 0 Å². The summed E-state index contributed by atoms with van der Waals surface area (Å²) in [5, 5.41) is 6.04. The van der Waals surface area contributed by atoms with Gasteiger partial charge in [-0.3, -0.25) is 4.79 Å². The summed E-state index contributed by atoms with van der Waals surface area (Å²) in [4.78, 5) is 11.5. The maximum Gasteiger partial charge on any atom is 0.221 e. The van der Waals surface area contributed by atoms with E-state index >= 15 is 0 Å². The molecule has 0 aliphatic heterocycles. The molecule has 0 unspecified atom stereocenters. The Morgan fingerprint density at radius 2 is 2.18 bits per heavy atom. The van der Waals surface area contributed by atoms with E-state index in [1.54, 1.807) is 0 Å². The summed E-state index contributed by atoms with van der Waals surface area (Å²) >= 11 is 0. The van der Waals surface area contributed by atoms with Crippen LogP contribution in [0.4, 0.5) is 0 Å². The van der Waals surface area contributed by atoms with Crippen molar-refractivity contribution in [3.63, 3.8) is 0 Å². The molecule has 1 rings (SSSR count). The number of ether oxygens (including phenoxy) is 1. The van der Waals surface area contributed by atoms with E-state index in [-0.39, 0.29) is 5.91 Å². The average Bonchev–Trinajstić information content (AvgIpc) is 2.29. The third-order valence-corrected chi connectivity index (χ3v) is 3.66. The van der Waals surface area contributed by atoms with Gasteiger partial charge in [-0.05, 0) is 38.6 Å². The molecule has 2 N–H and O–H groups in total. The zero-order chi connectivity index (χ0) is 12.6. The van der Waals surface area contributed by atoms with Crippen molar-refractivity contribution >= 4 is 5.91 Å². The van der Waals surface area contributed by atoms with E-state index < -0.39 is 0 Å². The second-order valence-corrected chi connectivity index (χ2v) is 4.93. The average molecular weight is 242 g/mol. The van der Waals surface area contributed by atoms with Crippen molar-refractivity contribution in [3.05, 3.63) is 0 Å². The van der Waals surface area contributed by atoms with E-state index in [0.29, 0.717) is 11.8 Å². The Kier molecular flexibility index (Phi) is 6.52. The summed E-state index contributed by atoms with van der Waals surface area (Å²) in [5.41, 5.74) is 0.324. The molecule has 0 aromatic carbocycles. The van der Waals surface area contributed by atoms with Gasteiger partial charge >= 0.3 is 0 Å². The lowest BCUT2D eigenvalue weighted by molar-refractivity contribution is -0.122. The van der Waals surface area contributed by atoms with Crippen molar-refractivity contribution in [1.29, 1.82) is 0 Å². The Morgan fingerprint density at radius 3 is 2.71 bits per heavy atom. The van der Waals surface area contributed by atoms with Crippen molar-refractivity contribution in [2.24, 2.45) is 5.41 Å². The Labute approximate surface area is 104 Å². The molecule has 0 heterocycles. The summed E-state index contributed by atoms with van der Waals surface area (Å²) in [5.74, 6) is 0.155. The number of rotatable bonds is 9. The van der Waals surface area contributed by atoms with E-state index in [2.05, 4.69) is 10.6 Å². The first kappa shape index (κ1) is 14.5. The Hall–Kier alpha value is -0.610. The van der Waals surface area contributed by atoms with Crippen LogP contribution in [-0.2, 0) is 9.53 Å². The molecule has 0 radical (unpaired) electrons. The van der Waals surface area contributed by atoms with Gasteiger partial charge in [0.05, 0.1) is 0 Å². The standard InChI is InChI=1S/C13H26N2O2/c1-3-17-10-8-13(6-4-7-13)11-15-12(16)5-9-14-2/h14H,3-11H2,1-2H3,(H,15,16). The number of nitrogens with one attached hydrogen (secondary N) is 2. The lowest BCUT2D eigenvalue weighted by Crippen LogP contribution is -2.43. The molecule has 100 valence electrons. The van der Waals surface area contributed by atoms with E-state index in [0.717, 1.165) is 32.7 Å². The predicted octanol–water partition coefficient (Wildman–Crippen LogP) is 1.31. The first-order chi connectivity index (χ1) is 8.22. The minimum absolute atomic E-state index is 0.155. The largest absolute Gasteiger partial charge is 0.382 e. The maximum absolute atomic E-state index is 11.5. The lowest BCUT2D eigenvalue weighted by atomic mass is 9.67. The number of carbonyl (C=O) groups excluding carboxylic acids is 1. The summed E-state index contributed by atoms with van der Waals surface area (Å²) in [7, 11) is 1.86. The molecule has 0 saturated heterocycles. The molecule has 4 heteroatoms. The van der Waals surface area contributed by atoms with Crippen LogP contribution in [0.15, 0.2) is 0 Å². The minimum Gasteiger partial charge on any atom is -0.382 e. The summed E-state index contributed by atoms with van der Waals surface area (Å²) in [6.07, 6.45) is 5.39. The van der Waals surface area contributed by atoms with Crippen LogP contribution in [0.25, 0.3) is 0 Å². The van der Waals surface area contributed by atoms with E-state index in [4.69, 9.17) is 4.74 Å². The molecule has 1 amide bonds. The number of hydrogen-bond donors (Lipinski definition) is 2. The van der Waals surface area contributed by atoms with Gasteiger partial charge in [-0.25, -0.2) is 0 Å². The van der Waals surface area contributed by atoms with Gasteiger partial charge in [0.15, 0.2) is 0 Å². The maximum atomic E-state index is 11.5. The molecule has 17 heavy (non-hydrogen) atoms. The van der Waals surface area contributed by atoms with Crippen LogP contribution < -0.4 is 10.6 Å². The SMILES string of the molecule is CCOCCC1(CNC(=O)CCNC)CCC1. The first-order valence-electron chi connectivity index (χ1n) is 6.71. The fourth-order valence-corrected chi connectivity index (χ4v) is 2.24. The minimum atomic E-state index is 0.155. The van der Waals surface area contributed by atoms with Gasteiger partial charge in [0, 0.05) is 32.7 Å². The molecule has 1 saturated carbocycles.